The molecule has 1 atom stereocenters. The normalized spacial score (nSPS) is 16.4. The molecule has 78 valence electrons. The summed E-state index contributed by atoms with van der Waals surface area (Å²) >= 11 is 1.93. The third kappa shape index (κ3) is 2.81. The van der Waals surface area contributed by atoms with E-state index in [9.17, 15) is 13.2 Å². The monoisotopic (exact) mass is 316 g/mol. The zero-order valence-electron chi connectivity index (χ0n) is 7.27. The number of rotatable bonds is 1. The van der Waals surface area contributed by atoms with Crippen LogP contribution < -0.4 is 5.73 Å². The van der Waals surface area contributed by atoms with Crippen LogP contribution in [0.5, 0.6) is 0 Å². The van der Waals surface area contributed by atoms with Gasteiger partial charge >= 0.3 is 6.18 Å². The number of alkyl halides is 4. The average Bonchev–Trinajstić information content (AvgIpc) is 2.01. The van der Waals surface area contributed by atoms with Crippen molar-refractivity contribution in [3.8, 4) is 0 Å². The topological polar surface area (TPSA) is 38.9 Å². The van der Waals surface area contributed by atoms with Crippen molar-refractivity contribution in [3.63, 3.8) is 0 Å². The second-order valence-electron chi connectivity index (χ2n) is 3.01. The first-order valence-corrected chi connectivity index (χ1v) is 4.80. The van der Waals surface area contributed by atoms with Gasteiger partial charge in [-0.3, -0.25) is 4.98 Å². The molecule has 0 fully saturated rings. The highest BCUT2D eigenvalue weighted by Crippen LogP contribution is 2.30. The lowest BCUT2D eigenvalue weighted by molar-refractivity contribution is -0.141. The van der Waals surface area contributed by atoms with Crippen molar-refractivity contribution in [2.24, 2.45) is 5.73 Å². The number of pyridine rings is 1. The predicted octanol–water partition coefficient (Wildman–Crippen LogP) is 2.67. The lowest BCUT2D eigenvalue weighted by Crippen LogP contribution is -2.25. The Hall–Kier alpha value is -0.370. The van der Waals surface area contributed by atoms with Gasteiger partial charge in [-0.15, -0.1) is 0 Å². The molecule has 0 unspecified atom stereocenters. The Bertz CT molecular complexity index is 280. The van der Waals surface area contributed by atoms with Crippen LogP contribution in [0.2, 0.25) is 0 Å². The summed E-state index contributed by atoms with van der Waals surface area (Å²) in [7, 11) is 0. The fourth-order valence-corrected chi connectivity index (χ4v) is 1.17. The Morgan fingerprint density at radius 3 is 2.21 bits per heavy atom. The maximum atomic E-state index is 12.1. The summed E-state index contributed by atoms with van der Waals surface area (Å²) in [5, 5.41) is 0. The Labute approximate surface area is 92.8 Å². The first kappa shape index (κ1) is 11.7. The van der Waals surface area contributed by atoms with Crippen LogP contribution in [0.3, 0.4) is 0 Å². The minimum Gasteiger partial charge on any atom is -0.313 e. The summed E-state index contributed by atoms with van der Waals surface area (Å²) < 4.78 is 35.7. The zero-order valence-corrected chi connectivity index (χ0v) is 9.43. The lowest BCUT2D eigenvalue weighted by Gasteiger charge is -2.16. The van der Waals surface area contributed by atoms with E-state index in [0.717, 1.165) is 12.3 Å². The Morgan fingerprint density at radius 2 is 1.93 bits per heavy atom. The molecule has 0 radical (unpaired) electrons. The van der Waals surface area contributed by atoms with Crippen molar-refractivity contribution in [3.05, 3.63) is 29.6 Å². The number of hydrogen-bond acceptors (Lipinski definition) is 2. The van der Waals surface area contributed by atoms with Crippen molar-refractivity contribution < 1.29 is 13.2 Å². The SMILES string of the molecule is C[C@](N)(I)c1ccc(C(F)(F)F)nc1. The summed E-state index contributed by atoms with van der Waals surface area (Å²) in [6.07, 6.45) is -3.25. The predicted molar refractivity (Wildman–Crippen MR) is 54.8 cm³/mol. The van der Waals surface area contributed by atoms with Crippen LogP contribution in [0.1, 0.15) is 18.2 Å². The molecular formula is C8H8F3IN2. The third-order valence-electron chi connectivity index (χ3n) is 1.62. The summed E-state index contributed by atoms with van der Waals surface area (Å²) in [6, 6.07) is 2.27. The second kappa shape index (κ2) is 3.65. The molecule has 1 rings (SSSR count). The van der Waals surface area contributed by atoms with Crippen LogP contribution in [0.25, 0.3) is 0 Å². The summed E-state index contributed by atoms with van der Waals surface area (Å²) in [6.45, 7) is 1.69. The molecule has 0 aromatic carbocycles. The van der Waals surface area contributed by atoms with Gasteiger partial charge in [0.2, 0.25) is 0 Å². The van der Waals surface area contributed by atoms with Crippen LogP contribution in [-0.2, 0) is 9.72 Å². The fourth-order valence-electron chi connectivity index (χ4n) is 0.851. The van der Waals surface area contributed by atoms with Gasteiger partial charge in [0.15, 0.2) is 0 Å². The molecule has 0 saturated carbocycles. The number of aromatic nitrogens is 1. The van der Waals surface area contributed by atoms with Crippen molar-refractivity contribution in [2.75, 3.05) is 0 Å². The van der Waals surface area contributed by atoms with Gasteiger partial charge in [0.05, 0.1) is 3.55 Å². The molecule has 0 aliphatic rings. The quantitative estimate of drug-likeness (QED) is 0.491. The molecule has 0 aliphatic heterocycles. The minimum absolute atomic E-state index is 0.561. The first-order chi connectivity index (χ1) is 6.21. The smallest absolute Gasteiger partial charge is 0.313 e. The average molecular weight is 316 g/mol. The number of nitrogens with two attached hydrogens (primary N) is 1. The molecule has 0 amide bonds. The lowest BCUT2D eigenvalue weighted by atomic mass is 10.1. The molecule has 0 bridgehead atoms. The van der Waals surface area contributed by atoms with Crippen LogP contribution in [0.15, 0.2) is 18.3 Å². The molecule has 1 aromatic rings. The molecule has 1 heterocycles. The molecule has 0 spiro atoms. The van der Waals surface area contributed by atoms with Gasteiger partial charge in [0, 0.05) is 6.20 Å². The number of hydrogen-bond donors (Lipinski definition) is 1. The van der Waals surface area contributed by atoms with Gasteiger partial charge in [-0.25, -0.2) is 0 Å². The maximum Gasteiger partial charge on any atom is 0.433 e. The molecule has 6 heteroatoms. The highest BCUT2D eigenvalue weighted by Gasteiger charge is 2.32. The van der Waals surface area contributed by atoms with Gasteiger partial charge in [0.25, 0.3) is 0 Å². The van der Waals surface area contributed by atoms with Crippen LogP contribution in [-0.4, -0.2) is 4.98 Å². The summed E-state index contributed by atoms with van der Waals surface area (Å²) in [5.41, 5.74) is 5.34. The van der Waals surface area contributed by atoms with E-state index in [0.29, 0.717) is 5.56 Å². The maximum absolute atomic E-state index is 12.1. The van der Waals surface area contributed by atoms with Crippen LogP contribution >= 0.6 is 22.6 Å². The second-order valence-corrected chi connectivity index (χ2v) is 5.25. The van der Waals surface area contributed by atoms with Gasteiger partial charge < -0.3 is 5.73 Å². The standard InChI is InChI=1S/C8H8F3IN2/c1-7(12,13)5-2-3-6(14-4-5)8(9,10)11/h2-4H,13H2,1H3/t7-/m1/s1. The molecule has 2 N–H and O–H groups in total. The fraction of sp³-hybridized carbons (Fsp3) is 0.375. The van der Waals surface area contributed by atoms with E-state index < -0.39 is 15.4 Å². The Kier molecular flexibility index (Phi) is 3.05. The summed E-state index contributed by atoms with van der Waals surface area (Å²) in [5.74, 6) is 0. The van der Waals surface area contributed by atoms with E-state index in [4.69, 9.17) is 5.73 Å². The Morgan fingerprint density at radius 1 is 1.36 bits per heavy atom. The van der Waals surface area contributed by atoms with Crippen LogP contribution in [0, 0.1) is 0 Å². The van der Waals surface area contributed by atoms with Gasteiger partial charge in [0.1, 0.15) is 5.69 Å². The van der Waals surface area contributed by atoms with E-state index in [1.807, 2.05) is 22.6 Å². The van der Waals surface area contributed by atoms with Gasteiger partial charge in [-0.05, 0) is 18.6 Å². The van der Waals surface area contributed by atoms with E-state index in [2.05, 4.69) is 4.98 Å². The first-order valence-electron chi connectivity index (χ1n) is 3.73. The van der Waals surface area contributed by atoms with E-state index >= 15 is 0 Å². The van der Waals surface area contributed by atoms with Crippen molar-refractivity contribution in [1.29, 1.82) is 0 Å². The van der Waals surface area contributed by atoms with Crippen molar-refractivity contribution in [2.45, 2.75) is 16.6 Å². The number of nitrogens with zero attached hydrogens (tertiary/aromatic N) is 1. The minimum atomic E-state index is -4.39. The molecule has 2 nitrogen and oxygen atoms in total. The van der Waals surface area contributed by atoms with Crippen molar-refractivity contribution >= 4 is 22.6 Å². The molecule has 0 saturated heterocycles. The zero-order chi connectivity index (χ0) is 11.0. The van der Waals surface area contributed by atoms with E-state index in [1.54, 1.807) is 6.92 Å². The highest BCUT2D eigenvalue weighted by atomic mass is 127. The third-order valence-corrected chi connectivity index (χ3v) is 2.24. The molecule has 1 aromatic heterocycles. The Balaban J connectivity index is 3.02. The largest absolute Gasteiger partial charge is 0.433 e. The van der Waals surface area contributed by atoms with E-state index in [1.165, 1.54) is 6.07 Å². The number of halogens is 4. The van der Waals surface area contributed by atoms with Gasteiger partial charge in [-0.1, -0.05) is 28.7 Å². The highest BCUT2D eigenvalue weighted by molar-refractivity contribution is 14.1. The molecule has 14 heavy (non-hydrogen) atoms. The van der Waals surface area contributed by atoms with Crippen molar-refractivity contribution in [1.82, 2.24) is 4.98 Å². The van der Waals surface area contributed by atoms with Gasteiger partial charge in [-0.2, -0.15) is 13.2 Å². The summed E-state index contributed by atoms with van der Waals surface area (Å²) in [4.78, 5) is 3.31. The van der Waals surface area contributed by atoms with Crippen LogP contribution in [0.4, 0.5) is 13.2 Å². The molecular weight excluding hydrogens is 308 g/mol. The van der Waals surface area contributed by atoms with E-state index in [-0.39, 0.29) is 0 Å². The molecule has 0 aliphatic carbocycles.